The van der Waals surface area contributed by atoms with Gasteiger partial charge in [0.05, 0.1) is 12.3 Å². The number of aryl methyl sites for hydroxylation is 2. The molecule has 1 saturated carbocycles. The Morgan fingerprint density at radius 3 is 2.46 bits per heavy atom. The quantitative estimate of drug-likeness (QED) is 0.485. The van der Waals surface area contributed by atoms with Crippen molar-refractivity contribution in [2.45, 2.75) is 59.3 Å². The number of hydrogen-bond donors (Lipinski definition) is 0. The van der Waals surface area contributed by atoms with E-state index < -0.39 is 0 Å². The SMILES string of the molecule is [2H]c1c(C)[n+](C)c(-c2cc(C3CCCC3)cc(C)c2C)c2ccc(C)cc12. The van der Waals surface area contributed by atoms with Crippen LogP contribution in [0.1, 0.15) is 60.9 Å². The van der Waals surface area contributed by atoms with Gasteiger partial charge in [0.2, 0.25) is 5.69 Å². The van der Waals surface area contributed by atoms with E-state index in [0.717, 1.165) is 11.1 Å². The molecule has 2 aromatic carbocycles. The minimum atomic E-state index is 0.640. The van der Waals surface area contributed by atoms with Crippen molar-refractivity contribution >= 4 is 10.8 Å². The normalized spacial score (nSPS) is 15.7. The van der Waals surface area contributed by atoms with E-state index in [1.807, 2.05) is 0 Å². The second-order valence-corrected chi connectivity index (χ2v) is 8.16. The molecule has 1 fully saturated rings. The van der Waals surface area contributed by atoms with Crippen LogP contribution in [0.25, 0.3) is 22.0 Å². The molecule has 0 atom stereocenters. The van der Waals surface area contributed by atoms with Gasteiger partial charge in [-0.3, -0.25) is 0 Å². The predicted octanol–water partition coefficient (Wildman–Crippen LogP) is 6.22. The molecule has 134 valence electrons. The molecule has 1 heterocycles. The number of aromatic nitrogens is 1. The van der Waals surface area contributed by atoms with E-state index in [1.54, 1.807) is 0 Å². The van der Waals surface area contributed by atoms with Crippen LogP contribution in [0.5, 0.6) is 0 Å². The molecule has 1 nitrogen and oxygen atoms in total. The maximum absolute atomic E-state index is 8.64. The molecule has 0 radical (unpaired) electrons. The fourth-order valence-electron chi connectivity index (χ4n) is 4.55. The molecule has 0 spiro atoms. The molecular weight excluding hydrogens is 314 g/mol. The van der Waals surface area contributed by atoms with Crippen molar-refractivity contribution in [2.24, 2.45) is 7.05 Å². The van der Waals surface area contributed by atoms with E-state index in [4.69, 9.17) is 1.37 Å². The van der Waals surface area contributed by atoms with Gasteiger partial charge >= 0.3 is 0 Å². The molecule has 1 heteroatoms. The Hall–Kier alpha value is -2.15. The summed E-state index contributed by atoms with van der Waals surface area (Å²) in [7, 11) is 2.11. The molecule has 0 N–H and O–H groups in total. The molecule has 0 unspecified atom stereocenters. The first-order chi connectivity index (χ1) is 12.9. The number of nitrogens with zero attached hydrogens (tertiary/aromatic N) is 1. The Bertz CT molecular complexity index is 1040. The van der Waals surface area contributed by atoms with Crippen molar-refractivity contribution in [1.29, 1.82) is 0 Å². The fraction of sp³-hybridized carbons (Fsp3) is 0.400. The van der Waals surface area contributed by atoms with E-state index in [0.29, 0.717) is 12.0 Å². The molecule has 0 saturated heterocycles. The van der Waals surface area contributed by atoms with Gasteiger partial charge < -0.3 is 0 Å². The van der Waals surface area contributed by atoms with Gasteiger partial charge in [-0.05, 0) is 73.7 Å². The zero-order valence-electron chi connectivity index (χ0n) is 17.7. The largest absolute Gasteiger partial charge is 0.220 e. The lowest BCUT2D eigenvalue weighted by Gasteiger charge is -2.17. The Kier molecular flexibility index (Phi) is 4.04. The molecule has 0 aliphatic heterocycles. The van der Waals surface area contributed by atoms with E-state index in [2.05, 4.69) is 69.6 Å². The highest BCUT2D eigenvalue weighted by Crippen LogP contribution is 2.38. The number of rotatable bonds is 2. The van der Waals surface area contributed by atoms with Crippen LogP contribution in [0.15, 0.2) is 36.4 Å². The van der Waals surface area contributed by atoms with Crippen LogP contribution in [0.2, 0.25) is 0 Å². The molecular formula is C25H30N+. The summed E-state index contributed by atoms with van der Waals surface area (Å²) in [5.41, 5.74) is 9.04. The maximum atomic E-state index is 8.64. The molecule has 26 heavy (non-hydrogen) atoms. The highest BCUT2D eigenvalue weighted by Gasteiger charge is 2.24. The molecule has 4 rings (SSSR count). The second-order valence-electron chi connectivity index (χ2n) is 8.16. The monoisotopic (exact) mass is 345 g/mol. The van der Waals surface area contributed by atoms with Crippen LogP contribution in [0, 0.1) is 27.7 Å². The average Bonchev–Trinajstić information content (AvgIpc) is 3.18. The zero-order chi connectivity index (χ0) is 19.3. The molecule has 3 aromatic rings. The Morgan fingerprint density at radius 1 is 1.00 bits per heavy atom. The predicted molar refractivity (Wildman–Crippen MR) is 111 cm³/mol. The fourth-order valence-corrected chi connectivity index (χ4v) is 4.55. The first kappa shape index (κ1) is 16.1. The van der Waals surface area contributed by atoms with Crippen LogP contribution in [-0.4, -0.2) is 0 Å². The summed E-state index contributed by atoms with van der Waals surface area (Å²) in [6.07, 6.45) is 5.35. The van der Waals surface area contributed by atoms with Gasteiger partial charge in [0, 0.05) is 13.0 Å². The van der Waals surface area contributed by atoms with Crippen LogP contribution >= 0.6 is 0 Å². The van der Waals surface area contributed by atoms with Crippen LogP contribution < -0.4 is 4.57 Å². The first-order valence-electron chi connectivity index (χ1n) is 10.4. The van der Waals surface area contributed by atoms with E-state index in [1.165, 1.54) is 64.6 Å². The molecule has 1 aliphatic carbocycles. The summed E-state index contributed by atoms with van der Waals surface area (Å²) in [6.45, 7) is 8.66. The van der Waals surface area contributed by atoms with Crippen LogP contribution in [0.4, 0.5) is 0 Å². The summed E-state index contributed by atoms with van der Waals surface area (Å²) in [6, 6.07) is 12.0. The van der Waals surface area contributed by atoms with Crippen LogP contribution in [0.3, 0.4) is 0 Å². The van der Waals surface area contributed by atoms with Crippen molar-refractivity contribution in [3.8, 4) is 11.3 Å². The number of hydrogen-bond acceptors (Lipinski definition) is 0. The smallest absolute Gasteiger partial charge is 0.198 e. The molecule has 1 aliphatic rings. The lowest BCUT2D eigenvalue weighted by Crippen LogP contribution is -2.35. The van der Waals surface area contributed by atoms with Crippen molar-refractivity contribution in [2.75, 3.05) is 0 Å². The first-order valence-corrected chi connectivity index (χ1v) is 9.89. The number of benzene rings is 2. The van der Waals surface area contributed by atoms with Crippen molar-refractivity contribution in [3.05, 3.63) is 64.3 Å². The van der Waals surface area contributed by atoms with Gasteiger partial charge in [0.15, 0.2) is 5.69 Å². The maximum Gasteiger partial charge on any atom is 0.220 e. The minimum Gasteiger partial charge on any atom is -0.198 e. The Morgan fingerprint density at radius 2 is 1.73 bits per heavy atom. The highest BCUT2D eigenvalue weighted by atomic mass is 14.9. The zero-order valence-corrected chi connectivity index (χ0v) is 16.7. The van der Waals surface area contributed by atoms with Gasteiger partial charge in [-0.2, -0.15) is 4.57 Å². The summed E-state index contributed by atoms with van der Waals surface area (Å²) in [5, 5.41) is 2.24. The average molecular weight is 346 g/mol. The van der Waals surface area contributed by atoms with E-state index in [9.17, 15) is 0 Å². The molecule has 0 bridgehead atoms. The highest BCUT2D eigenvalue weighted by molar-refractivity contribution is 5.94. The summed E-state index contributed by atoms with van der Waals surface area (Å²) in [5.74, 6) is 0.707. The Labute approximate surface area is 159 Å². The molecule has 1 aromatic heterocycles. The van der Waals surface area contributed by atoms with Gasteiger partial charge in [-0.1, -0.05) is 36.6 Å². The molecule has 0 amide bonds. The van der Waals surface area contributed by atoms with Crippen LogP contribution in [-0.2, 0) is 7.05 Å². The number of pyridine rings is 1. The summed E-state index contributed by atoms with van der Waals surface area (Å²) in [4.78, 5) is 0. The third-order valence-corrected chi connectivity index (χ3v) is 6.36. The number of fused-ring (bicyclic) bond motifs is 1. The van der Waals surface area contributed by atoms with Gasteiger partial charge in [-0.15, -0.1) is 0 Å². The van der Waals surface area contributed by atoms with Gasteiger partial charge in [-0.25, -0.2) is 0 Å². The summed E-state index contributed by atoms with van der Waals surface area (Å²) >= 11 is 0. The third kappa shape index (κ3) is 2.84. The Balaban J connectivity index is 2.05. The topological polar surface area (TPSA) is 3.88 Å². The second kappa shape index (κ2) is 6.54. The standard InChI is InChI=1S/C25H30N/c1-16-10-11-23-22(12-16)14-18(3)26(5)25(23)24-15-21(13-17(2)19(24)4)20-8-6-7-9-20/h10-15,20H,6-9H2,1-5H3/q+1/i14D. The van der Waals surface area contributed by atoms with Gasteiger partial charge in [0.25, 0.3) is 0 Å². The lowest BCUT2D eigenvalue weighted by atomic mass is 9.88. The third-order valence-electron chi connectivity index (χ3n) is 6.36. The van der Waals surface area contributed by atoms with Crippen molar-refractivity contribution in [3.63, 3.8) is 0 Å². The summed E-state index contributed by atoms with van der Waals surface area (Å²) < 4.78 is 10.9. The van der Waals surface area contributed by atoms with E-state index in [-0.39, 0.29) is 0 Å². The minimum absolute atomic E-state index is 0.640. The van der Waals surface area contributed by atoms with Gasteiger partial charge in [0.1, 0.15) is 7.05 Å². The van der Waals surface area contributed by atoms with E-state index >= 15 is 0 Å². The lowest BCUT2D eigenvalue weighted by molar-refractivity contribution is -0.665. The van der Waals surface area contributed by atoms with Crippen molar-refractivity contribution < 1.29 is 5.94 Å². The van der Waals surface area contributed by atoms with Crippen molar-refractivity contribution in [1.82, 2.24) is 0 Å².